The number of morpholine rings is 1. The van der Waals surface area contributed by atoms with Crippen LogP contribution < -0.4 is 5.32 Å². The van der Waals surface area contributed by atoms with E-state index in [1.165, 1.54) is 0 Å². The Morgan fingerprint density at radius 2 is 1.67 bits per heavy atom. The van der Waals surface area contributed by atoms with Gasteiger partial charge >= 0.3 is 0 Å². The van der Waals surface area contributed by atoms with Crippen molar-refractivity contribution in [2.24, 2.45) is 17.8 Å². The van der Waals surface area contributed by atoms with E-state index in [-0.39, 0.29) is 23.7 Å². The Hall–Kier alpha value is -1.10. The van der Waals surface area contributed by atoms with Gasteiger partial charge in [-0.2, -0.15) is 0 Å². The van der Waals surface area contributed by atoms with Crippen LogP contribution in [0.1, 0.15) is 39.5 Å². The van der Waals surface area contributed by atoms with Crippen LogP contribution in [-0.4, -0.2) is 49.6 Å². The van der Waals surface area contributed by atoms with E-state index in [0.717, 1.165) is 32.2 Å². The monoisotopic (exact) mass is 296 g/mol. The molecular weight excluding hydrogens is 268 g/mol. The van der Waals surface area contributed by atoms with Gasteiger partial charge in [0.05, 0.1) is 13.2 Å². The lowest BCUT2D eigenvalue weighted by molar-refractivity contribution is -0.142. The lowest BCUT2D eigenvalue weighted by Gasteiger charge is -2.33. The van der Waals surface area contributed by atoms with Crippen molar-refractivity contribution in [3.63, 3.8) is 0 Å². The number of carbonyl (C=O) groups excluding carboxylic acids is 2. The van der Waals surface area contributed by atoms with E-state index in [2.05, 4.69) is 19.2 Å². The van der Waals surface area contributed by atoms with Crippen molar-refractivity contribution in [1.82, 2.24) is 10.2 Å². The number of nitrogens with one attached hydrogen (secondary N) is 1. The van der Waals surface area contributed by atoms with Crippen LogP contribution in [0.5, 0.6) is 0 Å². The number of hydrogen-bond acceptors (Lipinski definition) is 3. The number of ether oxygens (including phenoxy) is 1. The molecule has 1 N–H and O–H groups in total. The summed E-state index contributed by atoms with van der Waals surface area (Å²) in [5, 5.41) is 3.01. The third-order valence-electron chi connectivity index (χ3n) is 4.45. The van der Waals surface area contributed by atoms with Crippen molar-refractivity contribution >= 4 is 11.8 Å². The highest BCUT2D eigenvalue weighted by Crippen LogP contribution is 2.30. The van der Waals surface area contributed by atoms with Crippen molar-refractivity contribution in [2.75, 3.05) is 32.8 Å². The molecule has 1 heterocycles. The van der Waals surface area contributed by atoms with Crippen LogP contribution in [0.15, 0.2) is 0 Å². The third kappa shape index (κ3) is 4.70. The minimum atomic E-state index is 0.0949. The molecule has 2 amide bonds. The van der Waals surface area contributed by atoms with Crippen LogP contribution in [0, 0.1) is 17.8 Å². The van der Waals surface area contributed by atoms with Gasteiger partial charge in [-0.15, -0.1) is 0 Å². The lowest BCUT2D eigenvalue weighted by atomic mass is 9.81. The van der Waals surface area contributed by atoms with E-state index < -0.39 is 0 Å². The zero-order valence-electron chi connectivity index (χ0n) is 13.3. The fourth-order valence-corrected chi connectivity index (χ4v) is 3.09. The molecule has 2 rings (SSSR count). The number of amides is 2. The summed E-state index contributed by atoms with van der Waals surface area (Å²) in [5.41, 5.74) is 0. The SMILES string of the molecule is CC(C)CNC(=O)C1CCC(C(=O)N2CCOCC2)CC1. The number of carbonyl (C=O) groups is 2. The van der Waals surface area contributed by atoms with E-state index in [4.69, 9.17) is 4.74 Å². The van der Waals surface area contributed by atoms with Gasteiger partial charge in [0.2, 0.25) is 11.8 Å². The highest BCUT2D eigenvalue weighted by atomic mass is 16.5. The molecule has 0 aromatic carbocycles. The molecule has 1 saturated heterocycles. The average molecular weight is 296 g/mol. The molecule has 1 saturated carbocycles. The van der Waals surface area contributed by atoms with E-state index in [1.807, 2.05) is 4.90 Å². The van der Waals surface area contributed by atoms with Gasteiger partial charge in [-0.05, 0) is 31.6 Å². The predicted molar refractivity (Wildman–Crippen MR) is 80.7 cm³/mol. The quantitative estimate of drug-likeness (QED) is 0.853. The first-order valence-corrected chi connectivity index (χ1v) is 8.22. The topological polar surface area (TPSA) is 58.6 Å². The highest BCUT2D eigenvalue weighted by Gasteiger charge is 2.32. The Kier molecular flexibility index (Phi) is 6.03. The van der Waals surface area contributed by atoms with Gasteiger partial charge in [0.1, 0.15) is 0 Å². The first kappa shape index (κ1) is 16.3. The summed E-state index contributed by atoms with van der Waals surface area (Å²) in [4.78, 5) is 26.4. The van der Waals surface area contributed by atoms with E-state index in [9.17, 15) is 9.59 Å². The van der Waals surface area contributed by atoms with E-state index >= 15 is 0 Å². The Bertz CT molecular complexity index is 357. The Morgan fingerprint density at radius 1 is 1.10 bits per heavy atom. The maximum Gasteiger partial charge on any atom is 0.225 e. The highest BCUT2D eigenvalue weighted by molar-refractivity contribution is 5.81. The van der Waals surface area contributed by atoms with Gasteiger partial charge in [0, 0.05) is 31.5 Å². The maximum atomic E-state index is 12.4. The van der Waals surface area contributed by atoms with Crippen LogP contribution in [0.3, 0.4) is 0 Å². The first-order valence-electron chi connectivity index (χ1n) is 8.22. The first-order chi connectivity index (χ1) is 10.1. The Labute approximate surface area is 127 Å². The molecule has 2 fully saturated rings. The third-order valence-corrected chi connectivity index (χ3v) is 4.45. The van der Waals surface area contributed by atoms with Gasteiger partial charge in [-0.3, -0.25) is 9.59 Å². The summed E-state index contributed by atoms with van der Waals surface area (Å²) < 4.78 is 5.29. The minimum absolute atomic E-state index is 0.0949. The molecule has 0 aromatic rings. The smallest absolute Gasteiger partial charge is 0.225 e. The van der Waals surface area contributed by atoms with Gasteiger partial charge in [0.15, 0.2) is 0 Å². The van der Waals surface area contributed by atoms with Crippen molar-refractivity contribution in [2.45, 2.75) is 39.5 Å². The molecule has 0 aromatic heterocycles. The molecule has 21 heavy (non-hydrogen) atoms. The van der Waals surface area contributed by atoms with Gasteiger partial charge in [-0.25, -0.2) is 0 Å². The Balaban J connectivity index is 1.74. The molecule has 5 heteroatoms. The van der Waals surface area contributed by atoms with Crippen molar-refractivity contribution in [3.05, 3.63) is 0 Å². The zero-order chi connectivity index (χ0) is 15.2. The van der Waals surface area contributed by atoms with E-state index in [1.54, 1.807) is 0 Å². The fraction of sp³-hybridized carbons (Fsp3) is 0.875. The minimum Gasteiger partial charge on any atom is -0.378 e. The molecule has 2 aliphatic rings. The van der Waals surface area contributed by atoms with Crippen LogP contribution in [-0.2, 0) is 14.3 Å². The van der Waals surface area contributed by atoms with Gasteiger partial charge < -0.3 is 15.0 Å². The summed E-state index contributed by atoms with van der Waals surface area (Å²) in [6.07, 6.45) is 3.36. The lowest BCUT2D eigenvalue weighted by Crippen LogP contribution is -2.45. The summed E-state index contributed by atoms with van der Waals surface area (Å²) >= 11 is 0. The van der Waals surface area contributed by atoms with E-state index in [0.29, 0.717) is 32.2 Å². The second kappa shape index (κ2) is 7.78. The van der Waals surface area contributed by atoms with Crippen molar-refractivity contribution in [3.8, 4) is 0 Å². The van der Waals surface area contributed by atoms with Gasteiger partial charge in [-0.1, -0.05) is 13.8 Å². The predicted octanol–water partition coefficient (Wildman–Crippen LogP) is 1.42. The van der Waals surface area contributed by atoms with Crippen LogP contribution in [0.25, 0.3) is 0 Å². The molecule has 120 valence electrons. The summed E-state index contributed by atoms with van der Waals surface area (Å²) in [7, 11) is 0. The summed E-state index contributed by atoms with van der Waals surface area (Å²) in [5.74, 6) is 1.11. The summed E-state index contributed by atoms with van der Waals surface area (Å²) in [6.45, 7) is 7.67. The molecular formula is C16H28N2O3. The van der Waals surface area contributed by atoms with Crippen LogP contribution in [0.4, 0.5) is 0 Å². The largest absolute Gasteiger partial charge is 0.378 e. The molecule has 0 spiro atoms. The second-order valence-corrected chi connectivity index (χ2v) is 6.63. The van der Waals surface area contributed by atoms with Crippen molar-refractivity contribution in [1.29, 1.82) is 0 Å². The van der Waals surface area contributed by atoms with Gasteiger partial charge in [0.25, 0.3) is 0 Å². The number of hydrogen-bond donors (Lipinski definition) is 1. The molecule has 1 aliphatic heterocycles. The number of nitrogens with zero attached hydrogens (tertiary/aromatic N) is 1. The zero-order valence-corrected chi connectivity index (χ0v) is 13.3. The fourth-order valence-electron chi connectivity index (χ4n) is 3.09. The molecule has 1 aliphatic carbocycles. The molecule has 5 nitrogen and oxygen atoms in total. The Morgan fingerprint density at radius 3 is 2.24 bits per heavy atom. The molecule has 0 atom stereocenters. The normalized spacial score (nSPS) is 26.7. The van der Waals surface area contributed by atoms with Crippen molar-refractivity contribution < 1.29 is 14.3 Å². The standard InChI is InChI=1S/C16H28N2O3/c1-12(2)11-17-15(19)13-3-5-14(6-4-13)16(20)18-7-9-21-10-8-18/h12-14H,3-11H2,1-2H3,(H,17,19). The summed E-state index contributed by atoms with van der Waals surface area (Å²) in [6, 6.07) is 0. The number of rotatable bonds is 4. The van der Waals surface area contributed by atoms with Crippen LogP contribution >= 0.6 is 0 Å². The molecule has 0 unspecified atom stereocenters. The molecule has 0 radical (unpaired) electrons. The average Bonchev–Trinajstić information content (AvgIpc) is 2.53. The second-order valence-electron chi connectivity index (χ2n) is 6.63. The maximum absolute atomic E-state index is 12.4. The molecule has 0 bridgehead atoms. The van der Waals surface area contributed by atoms with Crippen LogP contribution in [0.2, 0.25) is 0 Å².